The Morgan fingerprint density at radius 3 is 1.13 bits per heavy atom. The second-order valence-corrected chi connectivity index (χ2v) is 38.7. The summed E-state index contributed by atoms with van der Waals surface area (Å²) < 4.78 is 21.5. The van der Waals surface area contributed by atoms with Gasteiger partial charge >= 0.3 is 0 Å². The lowest BCUT2D eigenvalue weighted by atomic mass is 9.97. The van der Waals surface area contributed by atoms with Crippen LogP contribution in [0.5, 0.6) is 0 Å². The highest BCUT2D eigenvalue weighted by molar-refractivity contribution is 7.97. The Morgan fingerprint density at radius 2 is 0.761 bits per heavy atom. The number of ether oxygens (including phenoxy) is 1. The Bertz CT molecular complexity index is 7600. The molecule has 19 N–H and O–H groups in total. The molecular weight excluding hydrogens is 1710 g/mol. The SMILES string of the molecule is C=S(C)(=O)N1CCC(c2nc3c([nH]2)c(N)nc2cc(-n4cccn4)ccc23)CC1.CC1CCN(Cc2nc3c([nH]2)c(N)nc2cc(-c4ccn[nH]4)ccc23)C1.Nc1nc2cc(-c3ccn[nH]3)ccc2c2nc(CN3CC4COCC4C3)[nH]c12.Nc1nc2cc(-c3ccn[nH]3)ccc2c2nc(CN3CCCC3)[nH]c12.Nc1nc2cc(-c3ccn[nH]3)ccc2c2nc(CN3CCCCC3)[nH]c12. The molecule has 134 heavy (non-hydrogen) atoms. The van der Waals surface area contributed by atoms with Gasteiger partial charge in [-0.3, -0.25) is 44.2 Å². The number of hydrogen-bond acceptors (Lipinski definition) is 26. The molecule has 6 aliphatic rings. The Morgan fingerprint density at radius 1 is 0.396 bits per heavy atom. The van der Waals surface area contributed by atoms with Crippen molar-refractivity contribution in [3.8, 4) is 50.7 Å². The van der Waals surface area contributed by atoms with E-state index in [1.165, 1.54) is 38.5 Å². The van der Waals surface area contributed by atoms with Crippen LogP contribution in [0.1, 0.15) is 93.3 Å². The minimum atomic E-state index is -2.15. The fourth-order valence-electron chi connectivity index (χ4n) is 19.9. The van der Waals surface area contributed by atoms with Gasteiger partial charge in [-0.2, -0.15) is 25.5 Å². The van der Waals surface area contributed by atoms with E-state index in [1.54, 1.807) is 41.9 Å². The molecule has 38 heteroatoms. The van der Waals surface area contributed by atoms with Crippen molar-refractivity contribution in [3.05, 3.63) is 188 Å². The highest BCUT2D eigenvalue weighted by Gasteiger charge is 2.38. The number of nitrogen functional groups attached to an aromatic ring is 5. The lowest BCUT2D eigenvalue weighted by Crippen LogP contribution is -2.37. The number of aromatic nitrogens is 25. The minimum absolute atomic E-state index is 0.276. The number of likely N-dealkylation sites (tertiary alicyclic amines) is 4. The zero-order valence-electron chi connectivity index (χ0n) is 74.5. The Hall–Kier alpha value is -14.7. The number of nitrogens with two attached hydrogens (primary N) is 5. The molecule has 37 nitrogen and oxygen atoms in total. The van der Waals surface area contributed by atoms with E-state index in [4.69, 9.17) is 58.3 Å². The quantitative estimate of drug-likeness (QED) is 0.0424. The van der Waals surface area contributed by atoms with Gasteiger partial charge in [0.25, 0.3) is 0 Å². The molecule has 5 aromatic carbocycles. The van der Waals surface area contributed by atoms with Gasteiger partial charge in [-0.15, -0.1) is 0 Å². The molecule has 0 radical (unpaired) electrons. The summed E-state index contributed by atoms with van der Waals surface area (Å²) in [6.45, 7) is 17.8. The number of imidazole rings is 5. The largest absolute Gasteiger partial charge is 0.382 e. The van der Waals surface area contributed by atoms with E-state index >= 15 is 0 Å². The first-order valence-corrected chi connectivity index (χ1v) is 47.9. The number of piperidine rings is 2. The van der Waals surface area contributed by atoms with Crippen molar-refractivity contribution in [2.45, 2.75) is 90.4 Å². The van der Waals surface area contributed by atoms with Crippen molar-refractivity contribution in [1.29, 1.82) is 0 Å². The van der Waals surface area contributed by atoms with Crippen molar-refractivity contribution in [2.75, 3.05) is 114 Å². The maximum atomic E-state index is 12.2. The van der Waals surface area contributed by atoms with Crippen LogP contribution >= 0.6 is 0 Å². The molecule has 0 spiro atoms. The van der Waals surface area contributed by atoms with Crippen molar-refractivity contribution in [1.82, 2.24) is 149 Å². The Balaban J connectivity index is 0.0000000975. The predicted octanol–water partition coefficient (Wildman–Crippen LogP) is 13.2. The van der Waals surface area contributed by atoms with E-state index in [-0.39, 0.29) is 5.92 Å². The Labute approximate surface area is 768 Å². The van der Waals surface area contributed by atoms with Crippen molar-refractivity contribution < 1.29 is 8.95 Å². The normalized spacial score (nSPS) is 18.2. The van der Waals surface area contributed by atoms with Crippen LogP contribution in [0.4, 0.5) is 29.1 Å². The average molecular weight is 1810 g/mol. The minimum Gasteiger partial charge on any atom is -0.382 e. The monoisotopic (exact) mass is 1810 g/mol. The molecule has 682 valence electrons. The summed E-state index contributed by atoms with van der Waals surface area (Å²) in [6, 6.07) is 40.2. The van der Waals surface area contributed by atoms with E-state index in [2.05, 4.69) is 177 Å². The summed E-state index contributed by atoms with van der Waals surface area (Å²) >= 11 is 0. The zero-order chi connectivity index (χ0) is 90.8. The van der Waals surface area contributed by atoms with Crippen molar-refractivity contribution >= 4 is 154 Å². The molecule has 21 heterocycles. The lowest BCUT2D eigenvalue weighted by Gasteiger charge is -2.31. The van der Waals surface area contributed by atoms with Gasteiger partial charge in [0.1, 0.15) is 113 Å². The number of fused-ring (bicyclic) bond motifs is 16. The Kier molecular flexibility index (Phi) is 22.7. The first kappa shape index (κ1) is 84.8. The fraction of sp³-hybridized carbons (Fsp3) is 0.312. The molecule has 0 saturated carbocycles. The molecule has 6 saturated heterocycles. The summed E-state index contributed by atoms with van der Waals surface area (Å²) in [5, 5.41) is 37.2. The third kappa shape index (κ3) is 17.3. The number of anilines is 5. The van der Waals surface area contributed by atoms with Crippen molar-refractivity contribution in [3.63, 3.8) is 0 Å². The van der Waals surface area contributed by atoms with Gasteiger partial charge in [-0.25, -0.2) is 58.8 Å². The molecule has 26 rings (SSSR count). The van der Waals surface area contributed by atoms with Crippen LogP contribution in [0.15, 0.2) is 159 Å². The number of benzene rings is 5. The summed E-state index contributed by atoms with van der Waals surface area (Å²) in [5.74, 6) is 13.3. The number of pyridine rings is 5. The van der Waals surface area contributed by atoms with Gasteiger partial charge in [0.15, 0.2) is 0 Å². The second kappa shape index (κ2) is 35.8. The summed E-state index contributed by atoms with van der Waals surface area (Å²) in [6.07, 6.45) is 21.7. The van der Waals surface area contributed by atoms with E-state index in [1.807, 2.05) is 83.3 Å². The maximum absolute atomic E-state index is 12.2. The first-order valence-electron chi connectivity index (χ1n) is 45.8. The third-order valence-electron chi connectivity index (χ3n) is 26.8. The van der Waals surface area contributed by atoms with Crippen LogP contribution < -0.4 is 28.7 Å². The van der Waals surface area contributed by atoms with Crippen molar-refractivity contribution in [2.24, 2.45) is 17.8 Å². The molecular formula is C96H105N35O2S. The van der Waals surface area contributed by atoms with E-state index in [9.17, 15) is 4.21 Å². The highest BCUT2D eigenvalue weighted by atomic mass is 32.2. The molecule has 0 amide bonds. The maximum Gasteiger partial charge on any atom is 0.150 e. The number of aromatic amines is 9. The topological polar surface area (TPSA) is 513 Å². The predicted molar refractivity (Wildman–Crippen MR) is 527 cm³/mol. The van der Waals surface area contributed by atoms with Gasteiger partial charge in [-0.05, 0) is 187 Å². The van der Waals surface area contributed by atoms with Gasteiger partial charge in [0, 0.05) is 153 Å². The molecule has 6 aliphatic heterocycles. The van der Waals surface area contributed by atoms with Crippen LogP contribution in [0.25, 0.3) is 160 Å². The van der Waals surface area contributed by atoms with E-state index in [0.717, 1.165) is 313 Å². The fourth-order valence-corrected chi connectivity index (χ4v) is 20.9. The molecule has 0 aliphatic carbocycles. The molecule has 4 atom stereocenters. The summed E-state index contributed by atoms with van der Waals surface area (Å²) in [5.41, 5.74) is 52.7. The molecule has 20 aromatic rings. The van der Waals surface area contributed by atoms with Gasteiger partial charge in [0.05, 0.1) is 95.4 Å². The smallest absolute Gasteiger partial charge is 0.150 e. The van der Waals surface area contributed by atoms with Gasteiger partial charge in [-0.1, -0.05) is 37.6 Å². The zero-order valence-corrected chi connectivity index (χ0v) is 75.3. The molecule has 4 unspecified atom stereocenters. The first-order chi connectivity index (χ1) is 65.4. The highest BCUT2D eigenvalue weighted by Crippen LogP contribution is 2.39. The van der Waals surface area contributed by atoms with Crippen LogP contribution in [0, 0.1) is 17.8 Å². The number of hydrogen-bond donors (Lipinski definition) is 14. The third-order valence-corrected chi connectivity index (χ3v) is 28.3. The number of nitrogens with zero attached hydrogens (tertiary/aromatic N) is 21. The van der Waals surface area contributed by atoms with Gasteiger partial charge in [0.2, 0.25) is 0 Å². The molecule has 15 aromatic heterocycles. The van der Waals surface area contributed by atoms with Crippen LogP contribution in [-0.4, -0.2) is 244 Å². The van der Waals surface area contributed by atoms with Gasteiger partial charge < -0.3 is 58.3 Å². The number of nitrogens with one attached hydrogen (secondary N) is 9. The van der Waals surface area contributed by atoms with Crippen LogP contribution in [-0.2, 0) is 40.6 Å². The summed E-state index contributed by atoms with van der Waals surface area (Å²) in [4.78, 5) is 74.0. The number of H-pyrrole nitrogens is 9. The second-order valence-electron chi connectivity index (χ2n) is 36.3. The molecule has 6 fully saturated rings. The van der Waals surface area contributed by atoms with E-state index in [0.29, 0.717) is 40.9 Å². The summed E-state index contributed by atoms with van der Waals surface area (Å²) in [7, 11) is -2.15. The van der Waals surface area contributed by atoms with Crippen LogP contribution in [0.3, 0.4) is 0 Å². The molecule has 0 bridgehead atoms. The lowest BCUT2D eigenvalue weighted by molar-refractivity contribution is 0.152. The average Bonchev–Trinajstić information content (AvgIpc) is 1.57. The van der Waals surface area contributed by atoms with E-state index < -0.39 is 9.71 Å². The standard InChI is InChI=1S/C20H23N7OS.C20H21N7O.2C19H21N7.C18H19N7/c1-29(2,28)26-10-6-13(7-11-26)20-24-17-15-5-4-14(27-9-3-8-22-27)12-16(15)23-19(21)18(17)25-20;21-20-19-18(14-2-1-11(5-16(14)23-20)15-3-4-22-26-15)24-17(25-19)8-27-6-12-9-28-10-13(12)7-27;1-11-5-7-26(9-11)10-16-23-17-13-3-2-12(14-4-6-21-25-14)8-15(13)22-19(20)18(17)24-16;20-19-18-17(23-16(24-18)11-26-8-2-1-3-9-26)13-5-4-12(10-15(13)22-19)14-6-7-21-25-14;19-18-17-16(22-15(23-17)10-25-7-1-2-8-25)12-4-3-11(9-14(12)21-18)13-5-6-20-24-13/h3-5,8-9,12-13H,1,6-7,10-11H2,2H3,(H2,21,23)(H,24,25);1-5,12-13H,6-10H2,(H2,21,23)(H,22,26)(H,24,25);2-4,6,8,11H,5,7,9-10H2,1H3,(H2,20,22)(H,21,25)(H,23,24);4-7,10H,1-3,8-9,11H2,(H2,20,22)(H,21,25)(H,23,24);3-6,9H,1-2,7-8,10H2,(H2,19,21)(H,20,24)(H,22,23). The number of rotatable bonds is 15. The van der Waals surface area contributed by atoms with Crippen LogP contribution in [0.2, 0.25) is 0 Å².